The molecule has 1 aliphatic rings. The molecular weight excluding hydrogens is 421 g/mol. The van der Waals surface area contributed by atoms with Gasteiger partial charge in [0, 0.05) is 19.8 Å². The minimum atomic E-state index is -0.504. The van der Waals surface area contributed by atoms with Crippen LogP contribution in [0.3, 0.4) is 0 Å². The Kier molecular flexibility index (Phi) is 6.60. The van der Waals surface area contributed by atoms with Crippen LogP contribution in [-0.2, 0) is 17.8 Å². The van der Waals surface area contributed by atoms with Gasteiger partial charge in [-0.3, -0.25) is 4.79 Å². The average molecular weight is 444 g/mol. The third-order valence-electron chi connectivity index (χ3n) is 5.04. The van der Waals surface area contributed by atoms with Gasteiger partial charge in [0.15, 0.2) is 5.75 Å². The van der Waals surface area contributed by atoms with E-state index in [9.17, 15) is 20.2 Å². The number of rotatable bonds is 6. The van der Waals surface area contributed by atoms with E-state index >= 15 is 0 Å². The van der Waals surface area contributed by atoms with Gasteiger partial charge in [-0.15, -0.1) is 0 Å². The second-order valence-corrected chi connectivity index (χ2v) is 7.97. The molecule has 10 heteroatoms. The van der Waals surface area contributed by atoms with Gasteiger partial charge in [0.25, 0.3) is 5.91 Å². The first kappa shape index (κ1) is 21.7. The molecule has 2 aromatic rings. The van der Waals surface area contributed by atoms with Crippen molar-refractivity contribution in [3.63, 3.8) is 0 Å². The fraction of sp³-hybridized carbons (Fsp3) is 0.421. The van der Waals surface area contributed by atoms with Crippen molar-refractivity contribution in [2.45, 2.75) is 13.1 Å². The van der Waals surface area contributed by atoms with Crippen molar-refractivity contribution >= 4 is 29.1 Å². The molecule has 3 rings (SSSR count). The number of morpholine rings is 1. The molecule has 1 aromatic heterocycles. The van der Waals surface area contributed by atoms with Gasteiger partial charge in [0.2, 0.25) is 5.88 Å². The Morgan fingerprint density at radius 2 is 1.97 bits per heavy atom. The summed E-state index contributed by atoms with van der Waals surface area (Å²) >= 11 is 11.9. The summed E-state index contributed by atoms with van der Waals surface area (Å²) in [6.45, 7) is 2.09. The van der Waals surface area contributed by atoms with Gasteiger partial charge in [0.1, 0.15) is 18.7 Å². The molecule has 2 N–H and O–H groups in total. The van der Waals surface area contributed by atoms with Gasteiger partial charge in [-0.05, 0) is 17.7 Å². The molecule has 0 spiro atoms. The summed E-state index contributed by atoms with van der Waals surface area (Å²) in [4.78, 5) is 14.1. The number of aromatic nitrogens is 1. The highest BCUT2D eigenvalue weighted by atomic mass is 35.5. The van der Waals surface area contributed by atoms with Crippen molar-refractivity contribution in [2.75, 3.05) is 39.9 Å². The van der Waals surface area contributed by atoms with Crippen molar-refractivity contribution in [2.24, 2.45) is 0 Å². The number of amides is 1. The third-order valence-corrected chi connectivity index (χ3v) is 5.78. The minimum Gasteiger partial charge on any atom is -0.633 e. The van der Waals surface area contributed by atoms with Crippen LogP contribution in [0.4, 0.5) is 0 Å². The van der Waals surface area contributed by atoms with Gasteiger partial charge in [0.05, 0.1) is 36.3 Å². The lowest BCUT2D eigenvalue weighted by Gasteiger charge is -2.45. The summed E-state index contributed by atoms with van der Waals surface area (Å²) < 4.78 is 6.10. The van der Waals surface area contributed by atoms with Crippen molar-refractivity contribution in [3.05, 3.63) is 50.8 Å². The molecule has 0 aliphatic carbocycles. The molecule has 2 heterocycles. The van der Waals surface area contributed by atoms with Gasteiger partial charge in [-0.1, -0.05) is 29.3 Å². The van der Waals surface area contributed by atoms with E-state index in [0.717, 1.165) is 5.56 Å². The Balaban J connectivity index is 1.70. The van der Waals surface area contributed by atoms with Crippen LogP contribution in [0.1, 0.15) is 15.9 Å². The number of aromatic hydroxyl groups is 2. The van der Waals surface area contributed by atoms with E-state index in [1.165, 1.54) is 15.7 Å². The molecule has 1 amide bonds. The van der Waals surface area contributed by atoms with Crippen LogP contribution in [0.15, 0.2) is 24.4 Å². The quantitative estimate of drug-likeness (QED) is 0.528. The van der Waals surface area contributed by atoms with Gasteiger partial charge in [-0.25, -0.2) is 0 Å². The maximum atomic E-state index is 12.8. The number of hydroxylamine groups is 3. The fourth-order valence-electron chi connectivity index (χ4n) is 3.24. The number of carbonyl (C=O) groups excluding carboxylic acids is 1. The van der Waals surface area contributed by atoms with Crippen LogP contribution in [0.2, 0.25) is 10.0 Å². The molecule has 29 heavy (non-hydrogen) atoms. The fourth-order valence-corrected chi connectivity index (χ4v) is 3.56. The Morgan fingerprint density at radius 3 is 2.62 bits per heavy atom. The predicted molar refractivity (Wildman–Crippen MR) is 109 cm³/mol. The molecular formula is C19H23Cl2N3O5. The normalized spacial score (nSPS) is 16.0. The zero-order valence-corrected chi connectivity index (χ0v) is 17.5. The maximum Gasteiger partial charge on any atom is 0.259 e. The zero-order valence-electron chi connectivity index (χ0n) is 16.0. The predicted octanol–water partition coefficient (Wildman–Crippen LogP) is 2.82. The average Bonchev–Trinajstić information content (AvgIpc) is 2.97. The molecule has 1 aromatic carbocycles. The van der Waals surface area contributed by atoms with E-state index in [-0.39, 0.29) is 25.2 Å². The Morgan fingerprint density at radius 1 is 1.28 bits per heavy atom. The molecule has 0 atom stereocenters. The zero-order chi connectivity index (χ0) is 21.2. The molecule has 0 bridgehead atoms. The first-order valence-corrected chi connectivity index (χ1v) is 9.91. The smallest absolute Gasteiger partial charge is 0.259 e. The number of hydrogen-bond acceptors (Lipinski definition) is 5. The molecule has 0 saturated carbocycles. The van der Waals surface area contributed by atoms with E-state index in [0.29, 0.717) is 36.3 Å². The van der Waals surface area contributed by atoms with Gasteiger partial charge < -0.3 is 34.3 Å². The molecule has 1 fully saturated rings. The highest BCUT2D eigenvalue weighted by Crippen LogP contribution is 2.32. The standard InChI is InChI=1S/C19H23Cl2N3O5/c1-22(11-13-2-3-15(20)16(21)10-13)18(26)14-12-23(19(27)17(14)25)4-5-24(28)6-8-29-9-7-24/h2-3,10,12,25,27H,4-9,11H2,1H3. The van der Waals surface area contributed by atoms with Crippen LogP contribution in [-0.4, -0.2) is 70.1 Å². The van der Waals surface area contributed by atoms with E-state index < -0.39 is 22.2 Å². The van der Waals surface area contributed by atoms with Gasteiger partial charge in [-0.2, -0.15) is 0 Å². The minimum absolute atomic E-state index is 0.0375. The van der Waals surface area contributed by atoms with Crippen LogP contribution in [0, 0.1) is 5.21 Å². The number of nitrogens with zero attached hydrogens (tertiary/aromatic N) is 3. The van der Waals surface area contributed by atoms with Gasteiger partial charge >= 0.3 is 0 Å². The molecule has 158 valence electrons. The topological polar surface area (TPSA) is 98.0 Å². The number of ether oxygens (including phenoxy) is 1. The molecule has 1 aliphatic heterocycles. The van der Waals surface area contributed by atoms with Crippen LogP contribution >= 0.6 is 23.2 Å². The molecule has 0 radical (unpaired) electrons. The van der Waals surface area contributed by atoms with E-state index in [1.54, 1.807) is 25.2 Å². The Hall–Kier alpha value is -1.97. The number of benzene rings is 1. The van der Waals surface area contributed by atoms with Crippen molar-refractivity contribution in [1.82, 2.24) is 9.47 Å². The molecule has 8 nitrogen and oxygen atoms in total. The van der Waals surface area contributed by atoms with Crippen molar-refractivity contribution in [3.8, 4) is 11.6 Å². The largest absolute Gasteiger partial charge is 0.633 e. The molecule has 0 unspecified atom stereocenters. The van der Waals surface area contributed by atoms with Crippen molar-refractivity contribution in [1.29, 1.82) is 0 Å². The van der Waals surface area contributed by atoms with Crippen LogP contribution in [0.5, 0.6) is 11.6 Å². The lowest BCUT2D eigenvalue weighted by atomic mass is 10.2. The monoisotopic (exact) mass is 443 g/mol. The lowest BCUT2D eigenvalue weighted by Crippen LogP contribution is -2.51. The summed E-state index contributed by atoms with van der Waals surface area (Å²) in [5.74, 6) is -1.41. The highest BCUT2D eigenvalue weighted by Gasteiger charge is 2.26. The van der Waals surface area contributed by atoms with Crippen molar-refractivity contribution < 1.29 is 24.4 Å². The number of hydrogen-bond donors (Lipinski definition) is 2. The first-order valence-electron chi connectivity index (χ1n) is 9.15. The maximum absolute atomic E-state index is 12.8. The summed E-state index contributed by atoms with van der Waals surface area (Å²) in [5.41, 5.74) is 0.730. The number of carbonyl (C=O) groups is 1. The van der Waals surface area contributed by atoms with Crippen LogP contribution < -0.4 is 0 Å². The van der Waals surface area contributed by atoms with E-state index in [1.807, 2.05) is 0 Å². The lowest BCUT2D eigenvalue weighted by molar-refractivity contribution is -0.889. The van der Waals surface area contributed by atoms with E-state index in [4.69, 9.17) is 27.9 Å². The first-order chi connectivity index (χ1) is 13.7. The Bertz CT molecular complexity index is 896. The molecule has 1 saturated heterocycles. The van der Waals surface area contributed by atoms with Crippen LogP contribution in [0.25, 0.3) is 0 Å². The SMILES string of the molecule is CN(Cc1ccc(Cl)c(Cl)c1)C(=O)c1cn(CC[N+]2([O-])CCOCC2)c(O)c1O. The summed E-state index contributed by atoms with van der Waals surface area (Å²) in [6.07, 6.45) is 1.37. The summed E-state index contributed by atoms with van der Waals surface area (Å²) in [5, 5.41) is 33.8. The summed E-state index contributed by atoms with van der Waals surface area (Å²) in [7, 11) is 1.57. The highest BCUT2D eigenvalue weighted by molar-refractivity contribution is 6.42. The second kappa shape index (κ2) is 8.81. The van der Waals surface area contributed by atoms with E-state index in [2.05, 4.69) is 0 Å². The number of quaternary nitrogens is 1. The summed E-state index contributed by atoms with van der Waals surface area (Å²) in [6, 6.07) is 5.06. The Labute approximate surface area is 178 Å². The third kappa shape index (κ3) is 4.96. The number of halogens is 2. The second-order valence-electron chi connectivity index (χ2n) is 7.16.